The highest BCUT2D eigenvalue weighted by molar-refractivity contribution is 5.30. The number of ether oxygens (including phenoxy) is 1. The Morgan fingerprint density at radius 2 is 1.83 bits per heavy atom. The second-order valence-corrected chi connectivity index (χ2v) is 3.89. The molecule has 1 unspecified atom stereocenters. The summed E-state index contributed by atoms with van der Waals surface area (Å²) in [4.78, 5) is 4.10. The summed E-state index contributed by atoms with van der Waals surface area (Å²) >= 11 is 0. The van der Waals surface area contributed by atoms with Gasteiger partial charge in [0.15, 0.2) is 11.6 Å². The van der Waals surface area contributed by atoms with Gasteiger partial charge in [-0.05, 0) is 31.2 Å². The van der Waals surface area contributed by atoms with Gasteiger partial charge in [0, 0.05) is 12.1 Å². The van der Waals surface area contributed by atoms with Gasteiger partial charge in [-0.25, -0.2) is 8.78 Å². The summed E-state index contributed by atoms with van der Waals surface area (Å²) in [6.45, 7) is 1.82. The summed E-state index contributed by atoms with van der Waals surface area (Å²) < 4.78 is 31.0. The van der Waals surface area contributed by atoms with E-state index in [-0.39, 0.29) is 11.8 Å². The van der Waals surface area contributed by atoms with E-state index in [1.165, 1.54) is 12.3 Å². The molecule has 94 valence electrons. The van der Waals surface area contributed by atoms with Gasteiger partial charge in [-0.1, -0.05) is 0 Å². The minimum Gasteiger partial charge on any atom is -0.456 e. The molecule has 0 spiro atoms. The van der Waals surface area contributed by atoms with Crippen LogP contribution >= 0.6 is 0 Å². The molecule has 1 heterocycles. The first-order valence-corrected chi connectivity index (χ1v) is 5.40. The largest absolute Gasteiger partial charge is 0.456 e. The van der Waals surface area contributed by atoms with Crippen LogP contribution in [0.1, 0.15) is 18.7 Å². The maximum atomic E-state index is 13.0. The molecule has 2 N–H and O–H groups in total. The maximum Gasteiger partial charge on any atom is 0.162 e. The second kappa shape index (κ2) is 5.10. The highest BCUT2D eigenvalue weighted by Crippen LogP contribution is 2.23. The summed E-state index contributed by atoms with van der Waals surface area (Å²) in [5, 5.41) is 0. The van der Waals surface area contributed by atoms with E-state index in [0.29, 0.717) is 5.75 Å². The first-order valence-electron chi connectivity index (χ1n) is 5.40. The van der Waals surface area contributed by atoms with Crippen molar-refractivity contribution in [1.82, 2.24) is 4.98 Å². The van der Waals surface area contributed by atoms with Crippen LogP contribution in [0.4, 0.5) is 8.78 Å². The van der Waals surface area contributed by atoms with E-state index in [4.69, 9.17) is 10.5 Å². The summed E-state index contributed by atoms with van der Waals surface area (Å²) in [5.74, 6) is -1.21. The van der Waals surface area contributed by atoms with Crippen molar-refractivity contribution in [3.05, 3.63) is 53.9 Å². The molecule has 0 saturated carbocycles. The van der Waals surface area contributed by atoms with Gasteiger partial charge in [-0.3, -0.25) is 4.98 Å². The lowest BCUT2D eigenvalue weighted by molar-refractivity contribution is 0.459. The number of nitrogens with two attached hydrogens (primary N) is 1. The highest BCUT2D eigenvalue weighted by Gasteiger charge is 2.05. The molecule has 5 heteroatoms. The molecule has 18 heavy (non-hydrogen) atoms. The zero-order chi connectivity index (χ0) is 13.1. The maximum absolute atomic E-state index is 13.0. The van der Waals surface area contributed by atoms with Gasteiger partial charge < -0.3 is 10.5 Å². The lowest BCUT2D eigenvalue weighted by Crippen LogP contribution is -2.06. The number of nitrogens with zero attached hydrogens (tertiary/aromatic N) is 1. The normalized spacial score (nSPS) is 12.2. The average molecular weight is 250 g/mol. The smallest absolute Gasteiger partial charge is 0.162 e. The minimum absolute atomic E-state index is 0.165. The number of hydrogen-bond acceptors (Lipinski definition) is 3. The zero-order valence-corrected chi connectivity index (χ0v) is 9.73. The summed E-state index contributed by atoms with van der Waals surface area (Å²) in [5.41, 5.74) is 6.39. The van der Waals surface area contributed by atoms with Crippen molar-refractivity contribution in [3.63, 3.8) is 0 Å². The third-order valence-corrected chi connectivity index (χ3v) is 2.35. The topological polar surface area (TPSA) is 48.1 Å². The van der Waals surface area contributed by atoms with Crippen LogP contribution in [-0.2, 0) is 0 Å². The fraction of sp³-hybridized carbons (Fsp3) is 0.154. The van der Waals surface area contributed by atoms with E-state index < -0.39 is 11.6 Å². The Morgan fingerprint density at radius 1 is 1.11 bits per heavy atom. The summed E-state index contributed by atoms with van der Waals surface area (Å²) in [6, 6.07) is 6.57. The molecule has 0 amide bonds. The van der Waals surface area contributed by atoms with Crippen LogP contribution in [0, 0.1) is 11.6 Å². The first kappa shape index (κ1) is 12.4. The van der Waals surface area contributed by atoms with Crippen LogP contribution in [0.15, 0.2) is 36.5 Å². The van der Waals surface area contributed by atoms with E-state index in [2.05, 4.69) is 4.98 Å². The Bertz CT molecular complexity index is 541. The Kier molecular flexibility index (Phi) is 3.53. The van der Waals surface area contributed by atoms with Crippen molar-refractivity contribution in [1.29, 1.82) is 0 Å². The average Bonchev–Trinajstić information content (AvgIpc) is 2.34. The Hall–Kier alpha value is -2.01. The molecule has 0 aliphatic rings. The minimum atomic E-state index is -0.951. The van der Waals surface area contributed by atoms with E-state index in [1.807, 2.05) is 6.92 Å². The number of benzene rings is 1. The lowest BCUT2D eigenvalue weighted by Gasteiger charge is -2.08. The monoisotopic (exact) mass is 250 g/mol. The number of halogens is 2. The Labute approximate surface area is 103 Å². The highest BCUT2D eigenvalue weighted by atomic mass is 19.2. The second-order valence-electron chi connectivity index (χ2n) is 3.89. The Balaban J connectivity index is 2.15. The fourth-order valence-electron chi connectivity index (χ4n) is 1.40. The van der Waals surface area contributed by atoms with Gasteiger partial charge in [0.25, 0.3) is 0 Å². The number of aromatic nitrogens is 1. The molecule has 0 aliphatic carbocycles. The zero-order valence-electron chi connectivity index (χ0n) is 9.73. The van der Waals surface area contributed by atoms with Crippen molar-refractivity contribution in [2.24, 2.45) is 5.73 Å². The van der Waals surface area contributed by atoms with Crippen LogP contribution in [0.3, 0.4) is 0 Å². The van der Waals surface area contributed by atoms with Crippen molar-refractivity contribution >= 4 is 0 Å². The molecule has 1 aromatic carbocycles. The van der Waals surface area contributed by atoms with Crippen LogP contribution < -0.4 is 10.5 Å². The van der Waals surface area contributed by atoms with E-state index in [1.54, 1.807) is 12.1 Å². The molecule has 0 aliphatic heterocycles. The summed E-state index contributed by atoms with van der Waals surface area (Å²) in [6.07, 6.45) is 1.49. The third kappa shape index (κ3) is 2.81. The molecule has 3 nitrogen and oxygen atoms in total. The molecule has 0 fully saturated rings. The van der Waals surface area contributed by atoms with Crippen LogP contribution in [-0.4, -0.2) is 4.98 Å². The predicted octanol–water partition coefficient (Wildman–Crippen LogP) is 3.17. The quantitative estimate of drug-likeness (QED) is 0.910. The van der Waals surface area contributed by atoms with Crippen molar-refractivity contribution in [2.45, 2.75) is 13.0 Å². The van der Waals surface area contributed by atoms with Crippen molar-refractivity contribution < 1.29 is 13.5 Å². The fourth-order valence-corrected chi connectivity index (χ4v) is 1.40. The molecule has 2 aromatic rings. The Morgan fingerprint density at radius 3 is 2.39 bits per heavy atom. The number of pyridine rings is 1. The van der Waals surface area contributed by atoms with E-state index in [0.717, 1.165) is 17.8 Å². The van der Waals surface area contributed by atoms with Crippen molar-refractivity contribution in [3.8, 4) is 11.5 Å². The lowest BCUT2D eigenvalue weighted by atomic mass is 10.2. The van der Waals surface area contributed by atoms with Crippen LogP contribution in [0.2, 0.25) is 0 Å². The molecular formula is C13H12F2N2O. The molecule has 0 radical (unpaired) electrons. The standard InChI is InChI=1S/C13H12F2N2O/c1-8(16)13-5-3-10(7-17-13)18-9-2-4-11(14)12(15)6-9/h2-8H,16H2,1H3. The summed E-state index contributed by atoms with van der Waals surface area (Å²) in [7, 11) is 0. The van der Waals surface area contributed by atoms with Gasteiger partial charge in [0.05, 0.1) is 11.9 Å². The third-order valence-electron chi connectivity index (χ3n) is 2.35. The van der Waals surface area contributed by atoms with Crippen LogP contribution in [0.25, 0.3) is 0 Å². The van der Waals surface area contributed by atoms with Gasteiger partial charge >= 0.3 is 0 Å². The predicted molar refractivity (Wildman–Crippen MR) is 63.3 cm³/mol. The molecule has 1 aromatic heterocycles. The first-order chi connectivity index (χ1) is 8.56. The van der Waals surface area contributed by atoms with Gasteiger partial charge in [-0.2, -0.15) is 0 Å². The SMILES string of the molecule is CC(N)c1ccc(Oc2ccc(F)c(F)c2)cn1. The number of hydrogen-bond donors (Lipinski definition) is 1. The molecular weight excluding hydrogens is 238 g/mol. The van der Waals surface area contributed by atoms with Crippen LogP contribution in [0.5, 0.6) is 11.5 Å². The van der Waals surface area contributed by atoms with Crippen molar-refractivity contribution in [2.75, 3.05) is 0 Å². The molecule has 1 atom stereocenters. The number of rotatable bonds is 3. The van der Waals surface area contributed by atoms with E-state index in [9.17, 15) is 8.78 Å². The van der Waals surface area contributed by atoms with Gasteiger partial charge in [0.1, 0.15) is 11.5 Å². The van der Waals surface area contributed by atoms with E-state index >= 15 is 0 Å². The molecule has 0 saturated heterocycles. The molecule has 2 rings (SSSR count). The van der Waals surface area contributed by atoms with Gasteiger partial charge in [0.2, 0.25) is 0 Å². The molecule has 0 bridgehead atoms. The van der Waals surface area contributed by atoms with Gasteiger partial charge in [-0.15, -0.1) is 0 Å².